The molecule has 1 fully saturated rings. The Balaban J connectivity index is 2.54. The molecule has 0 N–H and O–H groups in total. The van der Waals surface area contributed by atoms with E-state index in [4.69, 9.17) is 11.6 Å². The number of hydrogen-bond donors (Lipinski definition) is 0. The highest BCUT2D eigenvalue weighted by molar-refractivity contribution is 6.18. The van der Waals surface area contributed by atoms with E-state index in [-0.39, 0.29) is 24.2 Å². The van der Waals surface area contributed by atoms with E-state index in [0.29, 0.717) is 6.54 Å². The summed E-state index contributed by atoms with van der Waals surface area (Å²) in [5.41, 5.74) is 0. The Kier molecular flexibility index (Phi) is 3.03. The first-order valence-corrected chi connectivity index (χ1v) is 4.03. The second-order valence-electron chi connectivity index (χ2n) is 2.66. The minimum Gasteiger partial charge on any atom is -0.328 e. The maximum atomic E-state index is 11.7. The number of likely N-dealkylation sites (tertiary alicyclic amines) is 1. The van der Waals surface area contributed by atoms with Crippen LogP contribution in [0.15, 0.2) is 12.2 Å². The van der Waals surface area contributed by atoms with Gasteiger partial charge in [0.25, 0.3) is 6.08 Å². The molecule has 0 radical (unpaired) electrons. The van der Waals surface area contributed by atoms with Crippen LogP contribution in [0.5, 0.6) is 0 Å². The number of carbonyl (C=O) groups is 1. The lowest BCUT2D eigenvalue weighted by molar-refractivity contribution is -0.126. The zero-order valence-corrected chi connectivity index (χ0v) is 7.02. The molecule has 1 saturated heterocycles. The van der Waals surface area contributed by atoms with E-state index in [0.717, 1.165) is 6.08 Å². The van der Waals surface area contributed by atoms with Crippen molar-refractivity contribution in [2.45, 2.75) is 6.42 Å². The smallest absolute Gasteiger partial charge is 0.266 e. The van der Waals surface area contributed by atoms with Crippen LogP contribution in [0.25, 0.3) is 0 Å². The fourth-order valence-corrected chi connectivity index (χ4v) is 1.44. The molecule has 1 aliphatic heterocycles. The first kappa shape index (κ1) is 9.45. The van der Waals surface area contributed by atoms with Crippen molar-refractivity contribution in [3.05, 3.63) is 12.2 Å². The van der Waals surface area contributed by atoms with Gasteiger partial charge in [0.2, 0.25) is 5.91 Å². The Labute approximate surface area is 73.8 Å². The minimum atomic E-state index is -1.73. The molecule has 0 aromatic rings. The third-order valence-corrected chi connectivity index (χ3v) is 2.04. The molecule has 0 saturated carbocycles. The number of rotatable bonds is 2. The molecule has 68 valence electrons. The summed E-state index contributed by atoms with van der Waals surface area (Å²) in [6.07, 6.45) is -0.779. The summed E-state index contributed by atoms with van der Waals surface area (Å²) in [6, 6.07) is 0.0804. The normalized spacial score (nSPS) is 23.1. The highest BCUT2D eigenvalue weighted by atomic mass is 35.5. The zero-order valence-electron chi connectivity index (χ0n) is 6.27. The molecule has 1 amide bonds. The summed E-state index contributed by atoms with van der Waals surface area (Å²) in [6.45, 7) is 0.305. The molecule has 2 nitrogen and oxygen atoms in total. The lowest BCUT2D eigenvalue weighted by atomic mass is 10.1. The number of alkyl halides is 1. The van der Waals surface area contributed by atoms with E-state index in [1.54, 1.807) is 0 Å². The molecule has 0 aromatic carbocycles. The van der Waals surface area contributed by atoms with Crippen LogP contribution < -0.4 is 0 Å². The van der Waals surface area contributed by atoms with E-state index < -0.39 is 6.08 Å². The third-order valence-electron chi connectivity index (χ3n) is 1.75. The van der Waals surface area contributed by atoms with Crippen molar-refractivity contribution in [2.75, 3.05) is 12.5 Å². The summed E-state index contributed by atoms with van der Waals surface area (Å²) < 4.78 is 23.5. The van der Waals surface area contributed by atoms with Crippen molar-refractivity contribution in [1.29, 1.82) is 0 Å². The maximum absolute atomic E-state index is 11.7. The molecule has 0 aliphatic carbocycles. The number of amides is 1. The topological polar surface area (TPSA) is 20.3 Å². The number of carbonyl (C=O) groups excluding carboxylic acids is 1. The van der Waals surface area contributed by atoms with Gasteiger partial charge in [-0.3, -0.25) is 4.79 Å². The van der Waals surface area contributed by atoms with Crippen LogP contribution in [-0.2, 0) is 4.79 Å². The molecule has 1 unspecified atom stereocenters. The van der Waals surface area contributed by atoms with E-state index in [9.17, 15) is 13.6 Å². The second kappa shape index (κ2) is 3.85. The van der Waals surface area contributed by atoms with E-state index in [1.165, 1.54) is 4.90 Å². The predicted molar refractivity (Wildman–Crippen MR) is 40.8 cm³/mol. The number of halogens is 3. The fraction of sp³-hybridized carbons (Fsp3) is 0.571. The van der Waals surface area contributed by atoms with Gasteiger partial charge in [0.15, 0.2) is 0 Å². The summed E-state index contributed by atoms with van der Waals surface area (Å²) in [5, 5.41) is 0. The zero-order chi connectivity index (χ0) is 9.14. The van der Waals surface area contributed by atoms with Crippen LogP contribution in [0, 0.1) is 5.92 Å². The molecule has 1 rings (SSSR count). The average molecular weight is 196 g/mol. The first-order chi connectivity index (χ1) is 5.63. The van der Waals surface area contributed by atoms with Crippen molar-refractivity contribution in [3.8, 4) is 0 Å². The molecule has 0 aromatic heterocycles. The van der Waals surface area contributed by atoms with Gasteiger partial charge < -0.3 is 4.90 Å². The Bertz CT molecular complexity index is 215. The van der Waals surface area contributed by atoms with Crippen LogP contribution in [0.4, 0.5) is 8.78 Å². The quantitative estimate of drug-likeness (QED) is 0.486. The Morgan fingerprint density at radius 3 is 2.83 bits per heavy atom. The minimum absolute atomic E-state index is 0.0804. The Morgan fingerprint density at radius 2 is 2.42 bits per heavy atom. The molecule has 1 aliphatic rings. The molecule has 1 atom stereocenters. The van der Waals surface area contributed by atoms with Crippen molar-refractivity contribution in [2.24, 2.45) is 5.92 Å². The monoisotopic (exact) mass is 195 g/mol. The van der Waals surface area contributed by atoms with E-state index in [2.05, 4.69) is 0 Å². The van der Waals surface area contributed by atoms with Gasteiger partial charge in [0.05, 0.1) is 6.00 Å². The molecular formula is C7H8ClF2NO. The molecule has 0 spiro atoms. The van der Waals surface area contributed by atoms with Gasteiger partial charge in [0.1, 0.15) is 0 Å². The SMILES string of the molecule is O=C1CC(C=C(F)F)CN1CCl. The van der Waals surface area contributed by atoms with Crippen LogP contribution in [0.3, 0.4) is 0 Å². The van der Waals surface area contributed by atoms with Crippen LogP contribution >= 0.6 is 11.6 Å². The molecular weight excluding hydrogens is 188 g/mol. The number of hydrogen-bond acceptors (Lipinski definition) is 1. The Morgan fingerprint density at radius 1 is 1.75 bits per heavy atom. The molecule has 12 heavy (non-hydrogen) atoms. The summed E-state index contributed by atoms with van der Waals surface area (Å²) in [5.74, 6) is -0.534. The van der Waals surface area contributed by atoms with E-state index >= 15 is 0 Å². The van der Waals surface area contributed by atoms with Gasteiger partial charge in [-0.15, -0.1) is 11.6 Å². The summed E-state index contributed by atoms with van der Waals surface area (Å²) >= 11 is 5.40. The van der Waals surface area contributed by atoms with Gasteiger partial charge in [0, 0.05) is 18.9 Å². The number of nitrogens with zero attached hydrogens (tertiary/aromatic N) is 1. The standard InChI is InChI=1S/C7H8ClF2NO/c8-4-11-3-5(1-6(9)10)2-7(11)12/h1,5H,2-4H2. The largest absolute Gasteiger partial charge is 0.328 e. The lowest BCUT2D eigenvalue weighted by Gasteiger charge is -2.09. The fourth-order valence-electron chi connectivity index (χ4n) is 1.21. The average Bonchev–Trinajstić information content (AvgIpc) is 2.29. The van der Waals surface area contributed by atoms with Crippen LogP contribution in [0.1, 0.15) is 6.42 Å². The molecule has 0 bridgehead atoms. The van der Waals surface area contributed by atoms with Gasteiger partial charge in [-0.05, 0) is 6.08 Å². The van der Waals surface area contributed by atoms with Crippen molar-refractivity contribution >= 4 is 17.5 Å². The van der Waals surface area contributed by atoms with Gasteiger partial charge in [-0.1, -0.05) is 0 Å². The highest BCUT2D eigenvalue weighted by Gasteiger charge is 2.27. The molecule has 5 heteroatoms. The highest BCUT2D eigenvalue weighted by Crippen LogP contribution is 2.21. The van der Waals surface area contributed by atoms with Crippen molar-refractivity contribution < 1.29 is 13.6 Å². The van der Waals surface area contributed by atoms with Gasteiger partial charge in [-0.2, -0.15) is 8.78 Å². The summed E-state index contributed by atoms with van der Waals surface area (Å²) in [4.78, 5) is 12.3. The van der Waals surface area contributed by atoms with E-state index in [1.807, 2.05) is 0 Å². The predicted octanol–water partition coefficient (Wildman–Crippen LogP) is 1.81. The molecule has 1 heterocycles. The summed E-state index contributed by atoms with van der Waals surface area (Å²) in [7, 11) is 0. The first-order valence-electron chi connectivity index (χ1n) is 3.50. The van der Waals surface area contributed by atoms with Gasteiger partial charge >= 0.3 is 0 Å². The second-order valence-corrected chi connectivity index (χ2v) is 2.90. The lowest BCUT2D eigenvalue weighted by Crippen LogP contribution is -2.23. The van der Waals surface area contributed by atoms with Crippen molar-refractivity contribution in [3.63, 3.8) is 0 Å². The van der Waals surface area contributed by atoms with Crippen molar-refractivity contribution in [1.82, 2.24) is 4.90 Å². The van der Waals surface area contributed by atoms with Crippen LogP contribution in [0.2, 0.25) is 0 Å². The Hall–Kier alpha value is -0.640. The third kappa shape index (κ3) is 2.17. The van der Waals surface area contributed by atoms with Gasteiger partial charge in [-0.25, -0.2) is 0 Å². The van der Waals surface area contributed by atoms with Crippen LogP contribution in [-0.4, -0.2) is 23.4 Å². The maximum Gasteiger partial charge on any atom is 0.266 e.